The number of ether oxygens (including phenoxy) is 2. The summed E-state index contributed by atoms with van der Waals surface area (Å²) in [4.78, 5) is 23.9. The number of imidazole rings is 1. The summed E-state index contributed by atoms with van der Waals surface area (Å²) < 4.78 is 41.1. The molecule has 3 aromatic rings. The topological polar surface area (TPSA) is 102 Å². The molecule has 1 amide bonds. The van der Waals surface area contributed by atoms with Gasteiger partial charge in [0.15, 0.2) is 0 Å². The average molecular weight is 662 g/mol. The molecule has 0 atom stereocenters. The zero-order valence-electron chi connectivity index (χ0n) is 26.3. The van der Waals surface area contributed by atoms with Crippen LogP contribution in [0.25, 0.3) is 11.0 Å². The van der Waals surface area contributed by atoms with Gasteiger partial charge in [-0.25, -0.2) is 13.8 Å². The molecule has 1 saturated carbocycles. The molecule has 0 bridgehead atoms. The van der Waals surface area contributed by atoms with E-state index in [1.54, 1.807) is 6.07 Å². The van der Waals surface area contributed by atoms with Crippen molar-refractivity contribution in [2.75, 3.05) is 38.2 Å². The average Bonchev–Trinajstić information content (AvgIpc) is 3.45. The Hall–Kier alpha value is -2.64. The van der Waals surface area contributed by atoms with Crippen molar-refractivity contribution in [1.82, 2.24) is 19.4 Å². The van der Waals surface area contributed by atoms with Crippen molar-refractivity contribution in [2.45, 2.75) is 88.4 Å². The van der Waals surface area contributed by atoms with Crippen LogP contribution < -0.4 is 10.1 Å². The van der Waals surface area contributed by atoms with Gasteiger partial charge >= 0.3 is 0 Å². The minimum atomic E-state index is -2.68. The second-order valence-corrected chi connectivity index (χ2v) is 20.3. The normalized spacial score (nSPS) is 23.0. The molecule has 45 heavy (non-hydrogen) atoms. The number of aliphatic hydroxyl groups is 1. The van der Waals surface area contributed by atoms with Crippen LogP contribution in [0.2, 0.25) is 30.7 Å². The van der Waals surface area contributed by atoms with E-state index in [1.165, 1.54) is 12.3 Å². The van der Waals surface area contributed by atoms with Crippen molar-refractivity contribution in [3.63, 3.8) is 0 Å². The molecule has 6 rings (SSSR count). The Kier molecular flexibility index (Phi) is 8.75. The smallest absolute Gasteiger partial charge is 0.280 e. The number of amides is 1. The number of piperidine rings is 1. The third kappa shape index (κ3) is 6.62. The summed E-state index contributed by atoms with van der Waals surface area (Å²) >= 11 is 6.73. The van der Waals surface area contributed by atoms with Crippen molar-refractivity contribution in [3.8, 4) is 5.75 Å². The number of hydrogen-bond acceptors (Lipinski definition) is 7. The molecule has 9 nitrogen and oxygen atoms in total. The number of rotatable bonds is 11. The number of aromatic nitrogens is 3. The first-order valence-electron chi connectivity index (χ1n) is 15.7. The predicted octanol–water partition coefficient (Wildman–Crippen LogP) is 6.33. The molecule has 2 aromatic heterocycles. The molecule has 13 heteroatoms. The van der Waals surface area contributed by atoms with E-state index in [4.69, 9.17) is 26.1 Å². The van der Waals surface area contributed by atoms with Crippen LogP contribution in [0.1, 0.15) is 62.0 Å². The number of nitrogens with one attached hydrogen (secondary N) is 1. The third-order valence-electron chi connectivity index (χ3n) is 9.50. The van der Waals surface area contributed by atoms with Crippen molar-refractivity contribution < 1.29 is 28.2 Å². The highest BCUT2D eigenvalue weighted by Crippen LogP contribution is 2.47. The van der Waals surface area contributed by atoms with Crippen molar-refractivity contribution in [3.05, 3.63) is 46.5 Å². The number of benzene rings is 1. The quantitative estimate of drug-likeness (QED) is 0.183. The monoisotopic (exact) mass is 661 g/mol. The van der Waals surface area contributed by atoms with Gasteiger partial charge in [-0.05, 0) is 63.4 Å². The Morgan fingerprint density at radius 1 is 1.18 bits per heavy atom. The summed E-state index contributed by atoms with van der Waals surface area (Å²) in [5.74, 6) is 1.49. The first-order chi connectivity index (χ1) is 21.2. The molecule has 1 saturated heterocycles. The van der Waals surface area contributed by atoms with E-state index in [9.17, 15) is 18.7 Å². The maximum absolute atomic E-state index is 13.3. The number of anilines is 1. The van der Waals surface area contributed by atoms with E-state index < -0.39 is 25.5 Å². The van der Waals surface area contributed by atoms with E-state index in [0.29, 0.717) is 92.8 Å². The lowest BCUT2D eigenvalue weighted by Gasteiger charge is -2.40. The Morgan fingerprint density at radius 2 is 1.91 bits per heavy atom. The third-order valence-corrected chi connectivity index (χ3v) is 11.5. The number of carbonyl (C=O) groups excluding carboxylic acids is 1. The van der Waals surface area contributed by atoms with E-state index in [2.05, 4.69) is 39.4 Å². The van der Waals surface area contributed by atoms with Gasteiger partial charge in [0.1, 0.15) is 36.1 Å². The fourth-order valence-electron chi connectivity index (χ4n) is 6.82. The van der Waals surface area contributed by atoms with Crippen LogP contribution in [-0.2, 0) is 21.7 Å². The lowest BCUT2D eigenvalue weighted by molar-refractivity contribution is -0.122. The fraction of sp³-hybridized carbons (Fsp3) is 0.594. The van der Waals surface area contributed by atoms with Crippen molar-refractivity contribution in [1.29, 1.82) is 0 Å². The zero-order valence-corrected chi connectivity index (χ0v) is 28.1. The molecule has 4 heterocycles. The van der Waals surface area contributed by atoms with Crippen LogP contribution >= 0.6 is 11.6 Å². The Balaban J connectivity index is 1.11. The van der Waals surface area contributed by atoms with Gasteiger partial charge in [0, 0.05) is 39.3 Å². The maximum Gasteiger partial charge on any atom is 0.280 e. The first kappa shape index (κ1) is 32.3. The molecule has 2 fully saturated rings. The standard InChI is InChI=1S/C32H42ClF2N5O4Si/c1-31(42)16-20(17-31)29-38-27-23(33)13-21(14-26(27)40(29)19-43-11-12-45(2,3)4)44-10-9-39-7-5-32(6-8-39)22-15-24(28(34)35)36-18-25(22)37-30(32)41/h13-15,18,20,28,42H,5-12,16-17,19H2,1-4H3,(H,37,41). The number of pyridine rings is 1. The SMILES string of the molecule is CC1(O)CC(c2nc3c(Cl)cc(OCCN4CCC5(CC4)C(=O)Nc4cnc(C(F)F)cc45)cc3n2COCC[Si](C)(C)C)C1. The molecule has 0 radical (unpaired) electrons. The van der Waals surface area contributed by atoms with Gasteiger partial charge in [-0.15, -0.1) is 0 Å². The minimum absolute atomic E-state index is 0.128. The lowest BCUT2D eigenvalue weighted by atomic mass is 9.72. The summed E-state index contributed by atoms with van der Waals surface area (Å²) in [6, 6.07) is 6.19. The summed E-state index contributed by atoms with van der Waals surface area (Å²) in [5.41, 5.74) is 0.899. The van der Waals surface area contributed by atoms with Crippen LogP contribution in [-0.4, -0.2) is 77.0 Å². The van der Waals surface area contributed by atoms with E-state index in [-0.39, 0.29) is 17.5 Å². The molecule has 1 spiro atoms. The Bertz CT molecular complexity index is 1580. The lowest BCUT2D eigenvalue weighted by Crippen LogP contribution is -2.47. The molecular weight excluding hydrogens is 620 g/mol. The second-order valence-electron chi connectivity index (χ2n) is 14.3. The zero-order chi connectivity index (χ0) is 32.1. The summed E-state index contributed by atoms with van der Waals surface area (Å²) in [5, 5.41) is 13.7. The highest BCUT2D eigenvalue weighted by atomic mass is 35.5. The predicted molar refractivity (Wildman–Crippen MR) is 172 cm³/mol. The van der Waals surface area contributed by atoms with Crippen molar-refractivity contribution in [2.24, 2.45) is 0 Å². The number of nitrogens with zero attached hydrogens (tertiary/aromatic N) is 4. The van der Waals surface area contributed by atoms with Crippen LogP contribution in [0.5, 0.6) is 5.75 Å². The van der Waals surface area contributed by atoms with Gasteiger partial charge in [0.05, 0.1) is 33.4 Å². The van der Waals surface area contributed by atoms with Crippen LogP contribution in [0.15, 0.2) is 24.4 Å². The fourth-order valence-corrected chi connectivity index (χ4v) is 7.83. The molecule has 1 aromatic carbocycles. The van der Waals surface area contributed by atoms with E-state index in [0.717, 1.165) is 17.4 Å². The number of likely N-dealkylation sites (tertiary alicyclic amines) is 1. The highest BCUT2D eigenvalue weighted by Gasteiger charge is 2.49. The summed E-state index contributed by atoms with van der Waals surface area (Å²) in [6.07, 6.45) is 1.00. The number of fused-ring (bicyclic) bond motifs is 3. The van der Waals surface area contributed by atoms with Gasteiger partial charge in [-0.3, -0.25) is 14.7 Å². The van der Waals surface area contributed by atoms with Gasteiger partial charge in [-0.2, -0.15) is 0 Å². The summed E-state index contributed by atoms with van der Waals surface area (Å²) in [7, 11) is -1.24. The van der Waals surface area contributed by atoms with Crippen LogP contribution in [0.4, 0.5) is 14.5 Å². The largest absolute Gasteiger partial charge is 0.492 e. The molecule has 0 unspecified atom stereocenters. The number of alkyl halides is 2. The maximum atomic E-state index is 13.3. The summed E-state index contributed by atoms with van der Waals surface area (Å²) in [6.45, 7) is 12.2. The van der Waals surface area contributed by atoms with Gasteiger partial charge in [-0.1, -0.05) is 31.2 Å². The first-order valence-corrected chi connectivity index (χ1v) is 19.8. The minimum Gasteiger partial charge on any atom is -0.492 e. The van der Waals surface area contributed by atoms with Crippen LogP contribution in [0, 0.1) is 0 Å². The van der Waals surface area contributed by atoms with Crippen LogP contribution in [0.3, 0.4) is 0 Å². The Morgan fingerprint density at radius 3 is 2.58 bits per heavy atom. The Labute approximate surface area is 268 Å². The second kappa shape index (κ2) is 12.2. The number of carbonyl (C=O) groups is 1. The van der Waals surface area contributed by atoms with E-state index in [1.807, 2.05) is 13.0 Å². The van der Waals surface area contributed by atoms with E-state index >= 15 is 0 Å². The molecule has 2 aliphatic heterocycles. The molecule has 3 aliphatic rings. The number of halogens is 3. The molecular formula is C32H42ClF2N5O4Si. The number of hydrogen-bond donors (Lipinski definition) is 2. The van der Waals surface area contributed by atoms with Gasteiger partial charge in [0.2, 0.25) is 5.91 Å². The molecule has 2 N–H and O–H groups in total. The highest BCUT2D eigenvalue weighted by molar-refractivity contribution is 6.76. The molecule has 244 valence electrons. The van der Waals surface area contributed by atoms with Gasteiger partial charge < -0.3 is 24.5 Å². The van der Waals surface area contributed by atoms with Gasteiger partial charge in [0.25, 0.3) is 6.43 Å². The molecule has 1 aliphatic carbocycles. The van der Waals surface area contributed by atoms with Crippen molar-refractivity contribution >= 4 is 42.3 Å².